The maximum absolute atomic E-state index is 14.0. The molecule has 0 unspecified atom stereocenters. The summed E-state index contributed by atoms with van der Waals surface area (Å²) in [5.74, 6) is 0.0890. The van der Waals surface area contributed by atoms with E-state index in [1.165, 1.54) is 6.07 Å². The van der Waals surface area contributed by atoms with Crippen LogP contribution in [0.15, 0.2) is 46.3 Å². The molecule has 3 rings (SSSR count). The molecule has 3 N–H and O–H groups in total. The summed E-state index contributed by atoms with van der Waals surface area (Å²) in [6.07, 6.45) is 2.01. The third kappa shape index (κ3) is 3.80. The van der Waals surface area contributed by atoms with Crippen LogP contribution < -0.4 is 11.1 Å². The summed E-state index contributed by atoms with van der Waals surface area (Å²) in [7, 11) is 1.71. The molecule has 25 heavy (non-hydrogen) atoms. The first kappa shape index (κ1) is 17.8. The van der Waals surface area contributed by atoms with Crippen LogP contribution in [-0.4, -0.2) is 25.2 Å². The number of aliphatic imine (C=N–C) groups is 1. The van der Waals surface area contributed by atoms with Gasteiger partial charge in [-0.3, -0.25) is 0 Å². The van der Waals surface area contributed by atoms with Gasteiger partial charge >= 0.3 is 0 Å². The lowest BCUT2D eigenvalue weighted by Gasteiger charge is -2.31. The molecule has 1 aliphatic rings. The summed E-state index contributed by atoms with van der Waals surface area (Å²) in [6.45, 7) is 1.76. The Hall–Kier alpha value is -2.05. The number of para-hydroxylation sites is 1. The number of halogens is 1. The van der Waals surface area contributed by atoms with Crippen LogP contribution >= 0.6 is 12.6 Å². The van der Waals surface area contributed by atoms with Crippen LogP contribution in [0.25, 0.3) is 11.1 Å². The van der Waals surface area contributed by atoms with Crippen LogP contribution in [0.5, 0.6) is 0 Å². The highest BCUT2D eigenvalue weighted by molar-refractivity contribution is 7.80. The van der Waals surface area contributed by atoms with Crippen LogP contribution in [0.3, 0.4) is 0 Å². The molecule has 0 saturated heterocycles. The van der Waals surface area contributed by atoms with Crippen LogP contribution in [-0.2, 0) is 4.74 Å². The smallest absolute Gasteiger partial charge is 0.193 e. The Balaban J connectivity index is 1.89. The third-order valence-corrected chi connectivity index (χ3v) is 4.95. The van der Waals surface area contributed by atoms with E-state index in [2.05, 4.69) is 22.9 Å². The van der Waals surface area contributed by atoms with Gasteiger partial charge < -0.3 is 15.8 Å². The second-order valence-electron chi connectivity index (χ2n) is 6.23. The Labute approximate surface area is 152 Å². The maximum Gasteiger partial charge on any atom is 0.193 e. The molecule has 6 heteroatoms. The van der Waals surface area contributed by atoms with Crippen molar-refractivity contribution < 1.29 is 9.13 Å². The van der Waals surface area contributed by atoms with Gasteiger partial charge in [0.25, 0.3) is 0 Å². The van der Waals surface area contributed by atoms with Crippen molar-refractivity contribution in [3.05, 3.63) is 47.8 Å². The van der Waals surface area contributed by atoms with E-state index in [1.807, 2.05) is 24.3 Å². The highest BCUT2D eigenvalue weighted by Crippen LogP contribution is 2.35. The minimum atomic E-state index is -0.241. The summed E-state index contributed by atoms with van der Waals surface area (Å²) in [6, 6.07) is 10.9. The highest BCUT2D eigenvalue weighted by atomic mass is 32.1. The zero-order valence-corrected chi connectivity index (χ0v) is 15.2. The van der Waals surface area contributed by atoms with Crippen LogP contribution in [0.1, 0.15) is 18.4 Å². The van der Waals surface area contributed by atoms with Gasteiger partial charge in [0.1, 0.15) is 5.82 Å². The largest absolute Gasteiger partial charge is 0.381 e. The Kier molecular flexibility index (Phi) is 5.30. The number of rotatable bonds is 4. The van der Waals surface area contributed by atoms with E-state index in [0.29, 0.717) is 11.5 Å². The number of nitrogens with two attached hydrogens (primary N) is 1. The Bertz CT molecular complexity index is 803. The number of benzene rings is 2. The maximum atomic E-state index is 14.0. The minimum Gasteiger partial charge on any atom is -0.381 e. The quantitative estimate of drug-likeness (QED) is 0.439. The van der Waals surface area contributed by atoms with Crippen molar-refractivity contribution in [2.24, 2.45) is 10.7 Å². The summed E-state index contributed by atoms with van der Waals surface area (Å²) in [5, 5.41) is 3.14. The van der Waals surface area contributed by atoms with Crippen molar-refractivity contribution in [1.82, 2.24) is 0 Å². The monoisotopic (exact) mass is 359 g/mol. The van der Waals surface area contributed by atoms with E-state index in [9.17, 15) is 4.39 Å². The van der Waals surface area contributed by atoms with Gasteiger partial charge in [0, 0.05) is 17.6 Å². The molecule has 2 aromatic carbocycles. The normalized spacial score (nSPS) is 20.2. The fraction of sp³-hybridized carbons (Fsp3) is 0.316. The van der Waals surface area contributed by atoms with E-state index in [0.717, 1.165) is 34.6 Å². The van der Waals surface area contributed by atoms with E-state index in [-0.39, 0.29) is 18.0 Å². The number of nitrogens with zero attached hydrogens (tertiary/aromatic N) is 1. The lowest BCUT2D eigenvalue weighted by molar-refractivity contribution is 0.0285. The minimum absolute atomic E-state index is 0.170. The molecule has 1 fully saturated rings. The number of thiol groups is 1. The first-order valence-electron chi connectivity index (χ1n) is 8.20. The van der Waals surface area contributed by atoms with Gasteiger partial charge in [-0.25, -0.2) is 9.38 Å². The van der Waals surface area contributed by atoms with Gasteiger partial charge in [0.15, 0.2) is 5.96 Å². The fourth-order valence-electron chi connectivity index (χ4n) is 2.99. The van der Waals surface area contributed by atoms with Crippen molar-refractivity contribution in [2.45, 2.75) is 36.8 Å². The summed E-state index contributed by atoms with van der Waals surface area (Å²) >= 11 is 4.52. The Morgan fingerprint density at radius 2 is 1.92 bits per heavy atom. The predicted octanol–water partition coefficient (Wildman–Crippen LogP) is 3.99. The molecule has 1 saturated carbocycles. The molecule has 0 bridgehead atoms. The SMILES string of the molecule is COC1CC(N=C(N)Nc2c(S)cccc2-c2cccc(F)c2C)C1. The van der Waals surface area contributed by atoms with Crippen LogP contribution in [0.2, 0.25) is 0 Å². The molecule has 0 heterocycles. The van der Waals surface area contributed by atoms with Crippen molar-refractivity contribution in [3.8, 4) is 11.1 Å². The average Bonchev–Trinajstić information content (AvgIpc) is 2.55. The molecular formula is C19H22FN3OS. The van der Waals surface area contributed by atoms with Gasteiger partial charge in [-0.15, -0.1) is 12.6 Å². The molecule has 0 amide bonds. The van der Waals surface area contributed by atoms with Crippen LogP contribution in [0, 0.1) is 12.7 Å². The number of nitrogens with one attached hydrogen (secondary N) is 1. The van der Waals surface area contributed by atoms with Gasteiger partial charge in [-0.2, -0.15) is 0 Å². The highest BCUT2D eigenvalue weighted by Gasteiger charge is 2.28. The van der Waals surface area contributed by atoms with E-state index in [1.54, 1.807) is 20.1 Å². The number of hydrogen-bond acceptors (Lipinski definition) is 3. The topological polar surface area (TPSA) is 59.6 Å². The lowest BCUT2D eigenvalue weighted by atomic mass is 9.90. The van der Waals surface area contributed by atoms with Gasteiger partial charge in [0.2, 0.25) is 0 Å². The Morgan fingerprint density at radius 3 is 2.64 bits per heavy atom. The number of anilines is 1. The average molecular weight is 359 g/mol. The molecule has 0 atom stereocenters. The summed E-state index contributed by atoms with van der Waals surface area (Å²) < 4.78 is 19.2. The van der Waals surface area contributed by atoms with E-state index in [4.69, 9.17) is 10.5 Å². The molecular weight excluding hydrogens is 337 g/mol. The first-order chi connectivity index (χ1) is 12.0. The van der Waals surface area contributed by atoms with Crippen molar-refractivity contribution in [3.63, 3.8) is 0 Å². The number of methoxy groups -OCH3 is 1. The molecule has 132 valence electrons. The molecule has 0 radical (unpaired) electrons. The summed E-state index contributed by atoms with van der Waals surface area (Å²) in [4.78, 5) is 5.21. The number of ether oxygens (including phenoxy) is 1. The zero-order chi connectivity index (χ0) is 18.0. The van der Waals surface area contributed by atoms with Crippen molar-refractivity contribution >= 4 is 24.3 Å². The standard InChI is InChI=1S/C19H22FN3OS/c1-11-14(5-3-7-16(11)20)15-6-4-8-17(25)18(15)23-19(21)22-12-9-13(10-12)24-2/h3-8,12-13,25H,9-10H2,1-2H3,(H3,21,22,23). The lowest BCUT2D eigenvalue weighted by Crippen LogP contribution is -2.36. The molecule has 4 nitrogen and oxygen atoms in total. The molecule has 0 aromatic heterocycles. The predicted molar refractivity (Wildman–Crippen MR) is 103 cm³/mol. The fourth-order valence-corrected chi connectivity index (χ4v) is 3.25. The van der Waals surface area contributed by atoms with Crippen molar-refractivity contribution in [2.75, 3.05) is 12.4 Å². The molecule has 0 aliphatic heterocycles. The first-order valence-corrected chi connectivity index (χ1v) is 8.65. The van der Waals surface area contributed by atoms with Gasteiger partial charge in [-0.1, -0.05) is 24.3 Å². The number of hydrogen-bond donors (Lipinski definition) is 3. The second-order valence-corrected chi connectivity index (χ2v) is 6.72. The molecule has 0 spiro atoms. The van der Waals surface area contributed by atoms with E-state index >= 15 is 0 Å². The van der Waals surface area contributed by atoms with Crippen molar-refractivity contribution in [1.29, 1.82) is 0 Å². The van der Waals surface area contributed by atoms with Crippen LogP contribution in [0.4, 0.5) is 10.1 Å². The second kappa shape index (κ2) is 7.45. The third-order valence-electron chi connectivity index (χ3n) is 4.58. The zero-order valence-electron chi connectivity index (χ0n) is 14.3. The summed E-state index contributed by atoms with van der Waals surface area (Å²) in [5.41, 5.74) is 9.03. The molecule has 2 aromatic rings. The molecule has 1 aliphatic carbocycles. The van der Waals surface area contributed by atoms with Gasteiger partial charge in [-0.05, 0) is 43.0 Å². The van der Waals surface area contributed by atoms with E-state index < -0.39 is 0 Å². The number of guanidine groups is 1. The van der Waals surface area contributed by atoms with Gasteiger partial charge in [0.05, 0.1) is 17.8 Å². The Morgan fingerprint density at radius 1 is 1.24 bits per heavy atom.